The SMILES string of the molecule is Cc1cc(N2CCCC2)c(F)cc1C=C1SC(=O)N(Cc2ccc(Br)cc2)C1=O. The number of imide groups is 1. The number of nitrogens with zero attached hydrogens (tertiary/aromatic N) is 2. The molecule has 0 radical (unpaired) electrons. The predicted molar refractivity (Wildman–Crippen MR) is 118 cm³/mol. The highest BCUT2D eigenvalue weighted by molar-refractivity contribution is 9.10. The van der Waals surface area contributed by atoms with Crippen LogP contribution in [0.4, 0.5) is 14.9 Å². The number of amides is 2. The van der Waals surface area contributed by atoms with Crippen LogP contribution in [0.2, 0.25) is 0 Å². The first-order chi connectivity index (χ1) is 13.9. The van der Waals surface area contributed by atoms with Crippen molar-refractivity contribution in [3.63, 3.8) is 0 Å². The molecule has 0 N–H and O–H groups in total. The zero-order valence-corrected chi connectivity index (χ0v) is 18.4. The summed E-state index contributed by atoms with van der Waals surface area (Å²) in [5.74, 6) is -0.635. The van der Waals surface area contributed by atoms with Gasteiger partial charge in [0.15, 0.2) is 0 Å². The summed E-state index contributed by atoms with van der Waals surface area (Å²) in [7, 11) is 0. The number of aryl methyl sites for hydroxylation is 1. The summed E-state index contributed by atoms with van der Waals surface area (Å²) < 4.78 is 15.6. The molecule has 0 aliphatic carbocycles. The Morgan fingerprint density at radius 1 is 1.14 bits per heavy atom. The van der Waals surface area contributed by atoms with Gasteiger partial charge in [0.2, 0.25) is 0 Å². The number of hydrogen-bond acceptors (Lipinski definition) is 4. The van der Waals surface area contributed by atoms with Crippen molar-refractivity contribution >= 4 is 50.6 Å². The monoisotopic (exact) mass is 474 g/mol. The second kappa shape index (κ2) is 8.32. The number of thioether (sulfide) groups is 1. The average Bonchev–Trinajstić information content (AvgIpc) is 3.31. The highest BCUT2D eigenvalue weighted by Crippen LogP contribution is 2.35. The molecule has 2 aliphatic rings. The van der Waals surface area contributed by atoms with Crippen LogP contribution in [0.3, 0.4) is 0 Å². The predicted octanol–water partition coefficient (Wildman–Crippen LogP) is 5.73. The van der Waals surface area contributed by atoms with Crippen molar-refractivity contribution in [2.45, 2.75) is 26.3 Å². The van der Waals surface area contributed by atoms with Crippen LogP contribution in [-0.2, 0) is 11.3 Å². The fourth-order valence-corrected chi connectivity index (χ4v) is 4.68. The molecule has 0 aromatic heterocycles. The van der Waals surface area contributed by atoms with Crippen LogP contribution in [0.5, 0.6) is 0 Å². The second-order valence-corrected chi connectivity index (χ2v) is 9.16. The third kappa shape index (κ3) is 4.26. The Balaban J connectivity index is 1.56. The number of hydrogen-bond donors (Lipinski definition) is 0. The fourth-order valence-electron chi connectivity index (χ4n) is 3.59. The van der Waals surface area contributed by atoms with Gasteiger partial charge in [-0.1, -0.05) is 28.1 Å². The molecule has 2 amide bonds. The van der Waals surface area contributed by atoms with Crippen molar-refractivity contribution in [2.75, 3.05) is 18.0 Å². The summed E-state index contributed by atoms with van der Waals surface area (Å²) in [6.45, 7) is 3.85. The summed E-state index contributed by atoms with van der Waals surface area (Å²) in [6.07, 6.45) is 3.77. The van der Waals surface area contributed by atoms with Crippen LogP contribution in [0.15, 0.2) is 45.8 Å². The molecule has 0 saturated carbocycles. The van der Waals surface area contributed by atoms with E-state index in [1.807, 2.05) is 37.3 Å². The van der Waals surface area contributed by atoms with Crippen molar-refractivity contribution in [1.29, 1.82) is 0 Å². The Labute approximate surface area is 181 Å². The number of benzene rings is 2. The molecule has 29 heavy (non-hydrogen) atoms. The van der Waals surface area contributed by atoms with E-state index < -0.39 is 0 Å². The summed E-state index contributed by atoms with van der Waals surface area (Å²) >= 11 is 4.27. The Bertz CT molecular complexity index is 1000. The van der Waals surface area contributed by atoms with Gasteiger partial charge < -0.3 is 4.90 Å². The van der Waals surface area contributed by atoms with Gasteiger partial charge in [-0.2, -0.15) is 0 Å². The molecule has 0 bridgehead atoms. The van der Waals surface area contributed by atoms with Crippen LogP contribution in [-0.4, -0.2) is 29.1 Å². The highest BCUT2D eigenvalue weighted by atomic mass is 79.9. The maximum Gasteiger partial charge on any atom is 0.293 e. The summed E-state index contributed by atoms with van der Waals surface area (Å²) in [4.78, 5) is 28.7. The van der Waals surface area contributed by atoms with E-state index in [2.05, 4.69) is 20.8 Å². The lowest BCUT2D eigenvalue weighted by Crippen LogP contribution is -2.27. The molecule has 7 heteroatoms. The Morgan fingerprint density at radius 3 is 2.52 bits per heavy atom. The van der Waals surface area contributed by atoms with Gasteiger partial charge in [-0.05, 0) is 78.6 Å². The quantitative estimate of drug-likeness (QED) is 0.530. The molecule has 0 unspecified atom stereocenters. The largest absolute Gasteiger partial charge is 0.369 e. The fraction of sp³-hybridized carbons (Fsp3) is 0.273. The molecule has 150 valence electrons. The minimum absolute atomic E-state index is 0.219. The highest BCUT2D eigenvalue weighted by Gasteiger charge is 2.35. The van der Waals surface area contributed by atoms with Gasteiger partial charge in [0.05, 0.1) is 17.1 Å². The lowest BCUT2D eigenvalue weighted by atomic mass is 10.1. The topological polar surface area (TPSA) is 40.6 Å². The molecule has 0 atom stereocenters. The van der Waals surface area contributed by atoms with Crippen LogP contribution in [0.25, 0.3) is 6.08 Å². The zero-order valence-electron chi connectivity index (χ0n) is 16.0. The maximum absolute atomic E-state index is 14.7. The lowest BCUT2D eigenvalue weighted by Gasteiger charge is -2.19. The molecule has 2 fully saturated rings. The first kappa shape index (κ1) is 20.2. The Morgan fingerprint density at radius 2 is 1.83 bits per heavy atom. The third-order valence-corrected chi connectivity index (χ3v) is 6.63. The van der Waals surface area contributed by atoms with E-state index in [-0.39, 0.29) is 23.5 Å². The zero-order chi connectivity index (χ0) is 20.5. The molecular weight excluding hydrogens is 455 g/mol. The summed E-state index contributed by atoms with van der Waals surface area (Å²) in [6, 6.07) is 10.8. The minimum Gasteiger partial charge on any atom is -0.369 e. The van der Waals surface area contributed by atoms with Gasteiger partial charge in [-0.3, -0.25) is 14.5 Å². The smallest absolute Gasteiger partial charge is 0.293 e. The molecule has 4 nitrogen and oxygen atoms in total. The molecule has 2 aliphatic heterocycles. The van der Waals surface area contributed by atoms with Gasteiger partial charge >= 0.3 is 0 Å². The number of anilines is 1. The molecule has 0 spiro atoms. The minimum atomic E-state index is -0.341. The Hall–Kier alpha value is -2.12. The number of carbonyl (C=O) groups excluding carboxylic acids is 2. The van der Waals surface area contributed by atoms with Gasteiger partial charge in [0.25, 0.3) is 11.1 Å². The van der Waals surface area contributed by atoms with Crippen molar-refractivity contribution in [3.05, 3.63) is 68.3 Å². The van der Waals surface area contributed by atoms with E-state index in [1.54, 1.807) is 6.08 Å². The second-order valence-electron chi connectivity index (χ2n) is 7.25. The number of carbonyl (C=O) groups is 2. The maximum atomic E-state index is 14.7. The van der Waals surface area contributed by atoms with E-state index in [9.17, 15) is 14.0 Å². The average molecular weight is 475 g/mol. The normalized spacial score (nSPS) is 18.4. The van der Waals surface area contributed by atoms with E-state index in [1.165, 1.54) is 11.0 Å². The van der Waals surface area contributed by atoms with Crippen LogP contribution in [0.1, 0.15) is 29.5 Å². The standard InChI is InChI=1S/C22H20BrFN2O2S/c1-14-10-19(25-8-2-3-9-25)18(24)11-16(14)12-20-21(27)26(22(28)29-20)13-15-4-6-17(23)7-5-15/h4-7,10-12H,2-3,8-9,13H2,1H3. The van der Waals surface area contributed by atoms with Crippen molar-refractivity contribution < 1.29 is 14.0 Å². The van der Waals surface area contributed by atoms with Gasteiger partial charge in [0, 0.05) is 17.6 Å². The van der Waals surface area contributed by atoms with Crippen LogP contribution >= 0.6 is 27.7 Å². The number of rotatable bonds is 4. The molecule has 4 rings (SSSR count). The van der Waals surface area contributed by atoms with Gasteiger partial charge in [-0.15, -0.1) is 0 Å². The van der Waals surface area contributed by atoms with Crippen molar-refractivity contribution in [2.24, 2.45) is 0 Å². The Kier molecular flexibility index (Phi) is 5.79. The molecule has 2 heterocycles. The van der Waals surface area contributed by atoms with Crippen molar-refractivity contribution in [3.8, 4) is 0 Å². The first-order valence-corrected chi connectivity index (χ1v) is 11.1. The molecule has 2 saturated heterocycles. The summed E-state index contributed by atoms with van der Waals surface area (Å²) in [5, 5.41) is -0.309. The van der Waals surface area contributed by atoms with E-state index in [0.717, 1.165) is 53.3 Å². The van der Waals surface area contributed by atoms with E-state index in [0.29, 0.717) is 16.2 Å². The van der Waals surface area contributed by atoms with E-state index >= 15 is 0 Å². The number of halogens is 2. The first-order valence-electron chi connectivity index (χ1n) is 9.47. The van der Waals surface area contributed by atoms with Gasteiger partial charge in [0.1, 0.15) is 5.82 Å². The van der Waals surface area contributed by atoms with Gasteiger partial charge in [-0.25, -0.2) is 4.39 Å². The van der Waals surface area contributed by atoms with Crippen molar-refractivity contribution in [1.82, 2.24) is 4.90 Å². The lowest BCUT2D eigenvalue weighted by molar-refractivity contribution is -0.123. The third-order valence-electron chi connectivity index (χ3n) is 5.20. The molecular formula is C22H20BrFN2O2S. The molecule has 2 aromatic carbocycles. The summed E-state index contributed by atoms with van der Waals surface area (Å²) in [5.41, 5.74) is 2.99. The van der Waals surface area contributed by atoms with Crippen LogP contribution in [0, 0.1) is 12.7 Å². The molecule has 2 aromatic rings. The van der Waals surface area contributed by atoms with E-state index in [4.69, 9.17) is 0 Å². The van der Waals surface area contributed by atoms with Crippen LogP contribution < -0.4 is 4.90 Å².